The first kappa shape index (κ1) is 15.8. The van der Waals surface area contributed by atoms with Gasteiger partial charge in [0.2, 0.25) is 0 Å². The van der Waals surface area contributed by atoms with Crippen LogP contribution in [0.5, 0.6) is 5.75 Å². The van der Waals surface area contributed by atoms with Gasteiger partial charge in [-0.1, -0.05) is 29.8 Å². The predicted octanol–water partition coefficient (Wildman–Crippen LogP) is 3.47. The number of benzene rings is 2. The maximum Gasteiger partial charge on any atom is 0.275 e. The molecule has 0 aliphatic carbocycles. The molecule has 2 aromatic rings. The van der Waals surface area contributed by atoms with Gasteiger partial charge in [0.15, 0.2) is 0 Å². The molecule has 0 saturated carbocycles. The van der Waals surface area contributed by atoms with Gasteiger partial charge >= 0.3 is 0 Å². The Hall–Kier alpha value is -2.62. The van der Waals surface area contributed by atoms with E-state index in [2.05, 4.69) is 10.5 Å². The number of para-hydroxylation sites is 1. The van der Waals surface area contributed by atoms with Gasteiger partial charge in [-0.3, -0.25) is 4.79 Å². The van der Waals surface area contributed by atoms with Crippen LogP contribution in [0.3, 0.4) is 0 Å². The normalized spacial score (nSPS) is 11.4. The average Bonchev–Trinajstić information content (AvgIpc) is 2.49. The molecule has 0 bridgehead atoms. The molecule has 2 N–H and O–H groups in total. The quantitative estimate of drug-likeness (QED) is 0.673. The van der Waals surface area contributed by atoms with Gasteiger partial charge in [-0.15, -0.1) is 0 Å². The number of carbonyl (C=O) groups excluding carboxylic acids is 1. The van der Waals surface area contributed by atoms with Crippen molar-refractivity contribution in [1.29, 1.82) is 0 Å². The molecule has 0 atom stereocenters. The highest BCUT2D eigenvalue weighted by atomic mass is 16.3. The summed E-state index contributed by atoms with van der Waals surface area (Å²) in [7, 11) is 0. The molecular weight excluding hydrogens is 276 g/mol. The largest absolute Gasteiger partial charge is 0.507 e. The topological polar surface area (TPSA) is 61.7 Å². The number of hydrazone groups is 1. The molecule has 4 nitrogen and oxygen atoms in total. The first-order chi connectivity index (χ1) is 10.4. The van der Waals surface area contributed by atoms with Crippen molar-refractivity contribution in [2.75, 3.05) is 0 Å². The Labute approximate surface area is 130 Å². The van der Waals surface area contributed by atoms with Crippen molar-refractivity contribution >= 4 is 11.6 Å². The van der Waals surface area contributed by atoms with Gasteiger partial charge in [-0.2, -0.15) is 5.10 Å². The Balaban J connectivity index is 2.22. The molecule has 0 aliphatic rings. The van der Waals surface area contributed by atoms with Crippen LogP contribution in [0.1, 0.15) is 39.5 Å². The lowest BCUT2D eigenvalue weighted by atomic mass is 10.0. The fourth-order valence-electron chi connectivity index (χ4n) is 2.22. The third-order valence-corrected chi connectivity index (χ3v) is 3.59. The van der Waals surface area contributed by atoms with E-state index in [-0.39, 0.29) is 11.3 Å². The molecule has 2 aromatic carbocycles. The fourth-order valence-corrected chi connectivity index (χ4v) is 2.22. The number of rotatable bonds is 3. The van der Waals surface area contributed by atoms with E-state index >= 15 is 0 Å². The molecule has 22 heavy (non-hydrogen) atoms. The molecule has 0 aromatic heterocycles. The van der Waals surface area contributed by atoms with Crippen molar-refractivity contribution in [3.8, 4) is 5.75 Å². The molecule has 0 radical (unpaired) electrons. The SMILES string of the molecule is CC(=NNC(=O)c1cccc(C)c1O)c1cc(C)ccc1C. The number of amides is 1. The predicted molar refractivity (Wildman–Crippen MR) is 88.4 cm³/mol. The van der Waals surface area contributed by atoms with E-state index in [0.717, 1.165) is 22.4 Å². The smallest absolute Gasteiger partial charge is 0.275 e. The van der Waals surface area contributed by atoms with Crippen molar-refractivity contribution in [2.24, 2.45) is 5.10 Å². The number of aromatic hydroxyl groups is 1. The summed E-state index contributed by atoms with van der Waals surface area (Å²) in [4.78, 5) is 12.1. The number of aryl methyl sites for hydroxylation is 3. The zero-order valence-electron chi connectivity index (χ0n) is 13.3. The van der Waals surface area contributed by atoms with Crippen LogP contribution in [0.2, 0.25) is 0 Å². The van der Waals surface area contributed by atoms with Gasteiger partial charge in [0.1, 0.15) is 5.75 Å². The van der Waals surface area contributed by atoms with Crippen LogP contribution in [0.15, 0.2) is 41.5 Å². The second-order valence-electron chi connectivity index (χ2n) is 5.43. The molecule has 0 aliphatic heterocycles. The van der Waals surface area contributed by atoms with E-state index < -0.39 is 5.91 Å². The lowest BCUT2D eigenvalue weighted by Gasteiger charge is -2.08. The summed E-state index contributed by atoms with van der Waals surface area (Å²) >= 11 is 0. The minimum atomic E-state index is -0.425. The van der Waals surface area contributed by atoms with E-state index in [9.17, 15) is 9.90 Å². The Kier molecular flexibility index (Phi) is 4.61. The average molecular weight is 296 g/mol. The Morgan fingerprint density at radius 2 is 1.77 bits per heavy atom. The molecule has 4 heteroatoms. The molecule has 0 unspecified atom stereocenters. The second kappa shape index (κ2) is 6.43. The van der Waals surface area contributed by atoms with Crippen LogP contribution in [0, 0.1) is 20.8 Å². The summed E-state index contributed by atoms with van der Waals surface area (Å²) in [5, 5.41) is 14.1. The molecule has 0 fully saturated rings. The molecule has 1 amide bonds. The van der Waals surface area contributed by atoms with Crippen LogP contribution in [0.25, 0.3) is 0 Å². The van der Waals surface area contributed by atoms with Gasteiger partial charge in [-0.25, -0.2) is 5.43 Å². The standard InChI is InChI=1S/C18H20N2O2/c1-11-8-9-12(2)16(10-11)14(4)19-20-18(22)15-7-5-6-13(3)17(15)21/h5-10,21H,1-4H3,(H,20,22). The van der Waals surface area contributed by atoms with Gasteiger partial charge in [0.05, 0.1) is 11.3 Å². The first-order valence-electron chi connectivity index (χ1n) is 7.11. The van der Waals surface area contributed by atoms with Gasteiger partial charge in [0, 0.05) is 5.56 Å². The minimum Gasteiger partial charge on any atom is -0.507 e. The zero-order valence-corrected chi connectivity index (χ0v) is 13.3. The number of hydrogen-bond acceptors (Lipinski definition) is 3. The van der Waals surface area contributed by atoms with Crippen LogP contribution < -0.4 is 5.43 Å². The molecule has 0 spiro atoms. The summed E-state index contributed by atoms with van der Waals surface area (Å²) in [6.07, 6.45) is 0. The molecule has 0 saturated heterocycles. The summed E-state index contributed by atoms with van der Waals surface area (Å²) in [5.74, 6) is -0.439. The summed E-state index contributed by atoms with van der Waals surface area (Å²) in [5.41, 5.74) is 7.33. The molecule has 0 heterocycles. The maximum absolute atomic E-state index is 12.1. The van der Waals surface area contributed by atoms with Crippen LogP contribution in [0.4, 0.5) is 0 Å². The summed E-state index contributed by atoms with van der Waals surface area (Å²) in [6, 6.07) is 11.1. The van der Waals surface area contributed by atoms with Crippen LogP contribution >= 0.6 is 0 Å². The van der Waals surface area contributed by atoms with Gasteiger partial charge < -0.3 is 5.11 Å². The van der Waals surface area contributed by atoms with Crippen molar-refractivity contribution in [2.45, 2.75) is 27.7 Å². The number of phenols is 1. The third kappa shape index (κ3) is 3.34. The Morgan fingerprint density at radius 1 is 1.05 bits per heavy atom. The highest BCUT2D eigenvalue weighted by Crippen LogP contribution is 2.21. The Bertz CT molecular complexity index is 749. The minimum absolute atomic E-state index is 0.0143. The van der Waals surface area contributed by atoms with Crippen molar-refractivity contribution in [3.05, 3.63) is 64.2 Å². The monoisotopic (exact) mass is 296 g/mol. The lowest BCUT2D eigenvalue weighted by Crippen LogP contribution is -2.20. The lowest BCUT2D eigenvalue weighted by molar-refractivity contribution is 0.0952. The molecule has 114 valence electrons. The second-order valence-corrected chi connectivity index (χ2v) is 5.43. The molecular formula is C18H20N2O2. The third-order valence-electron chi connectivity index (χ3n) is 3.59. The van der Waals surface area contributed by atoms with Crippen molar-refractivity contribution in [1.82, 2.24) is 5.43 Å². The molecule has 2 rings (SSSR count). The van der Waals surface area contributed by atoms with Crippen molar-refractivity contribution in [3.63, 3.8) is 0 Å². The number of nitrogens with zero attached hydrogens (tertiary/aromatic N) is 1. The first-order valence-corrected chi connectivity index (χ1v) is 7.11. The van der Waals surface area contributed by atoms with E-state index in [1.807, 2.05) is 39.0 Å². The maximum atomic E-state index is 12.1. The van der Waals surface area contributed by atoms with E-state index in [4.69, 9.17) is 0 Å². The number of phenolic OH excluding ortho intramolecular Hbond substituents is 1. The van der Waals surface area contributed by atoms with E-state index in [1.165, 1.54) is 0 Å². The van der Waals surface area contributed by atoms with Crippen molar-refractivity contribution < 1.29 is 9.90 Å². The Morgan fingerprint density at radius 3 is 2.50 bits per heavy atom. The number of carbonyl (C=O) groups is 1. The van der Waals surface area contributed by atoms with Crippen LogP contribution in [-0.2, 0) is 0 Å². The summed E-state index contributed by atoms with van der Waals surface area (Å²) < 4.78 is 0. The number of nitrogens with one attached hydrogen (secondary N) is 1. The fraction of sp³-hybridized carbons (Fsp3) is 0.222. The highest BCUT2D eigenvalue weighted by molar-refractivity contribution is 6.02. The summed E-state index contributed by atoms with van der Waals surface area (Å²) in [6.45, 7) is 7.61. The van der Waals surface area contributed by atoms with Crippen LogP contribution in [-0.4, -0.2) is 16.7 Å². The van der Waals surface area contributed by atoms with E-state index in [1.54, 1.807) is 25.1 Å². The van der Waals surface area contributed by atoms with E-state index in [0.29, 0.717) is 5.56 Å². The van der Waals surface area contributed by atoms with Gasteiger partial charge in [-0.05, 0) is 51.0 Å². The number of hydrogen-bond donors (Lipinski definition) is 2. The van der Waals surface area contributed by atoms with Gasteiger partial charge in [0.25, 0.3) is 5.91 Å². The highest BCUT2D eigenvalue weighted by Gasteiger charge is 2.12. The zero-order chi connectivity index (χ0) is 16.3.